The molecule has 1 saturated carbocycles. The molecule has 3 aliphatic rings. The van der Waals surface area contributed by atoms with Gasteiger partial charge in [0.1, 0.15) is 5.54 Å². The van der Waals surface area contributed by atoms with Crippen molar-refractivity contribution in [1.29, 1.82) is 0 Å². The van der Waals surface area contributed by atoms with Crippen LogP contribution in [0.2, 0.25) is 0 Å². The molecule has 150 valence electrons. The summed E-state index contributed by atoms with van der Waals surface area (Å²) in [4.78, 5) is 38.6. The Labute approximate surface area is 166 Å². The number of hydrogen-bond donors (Lipinski definition) is 2. The molecule has 6 nitrogen and oxygen atoms in total. The summed E-state index contributed by atoms with van der Waals surface area (Å²) in [5, 5.41) is 4.92. The number of rotatable bonds is 2. The normalized spacial score (nSPS) is 27.2. The van der Waals surface area contributed by atoms with Gasteiger partial charge in [-0.2, -0.15) is 0 Å². The highest BCUT2D eigenvalue weighted by atomic mass is 16.2. The van der Waals surface area contributed by atoms with Crippen molar-refractivity contribution in [1.82, 2.24) is 15.5 Å². The van der Waals surface area contributed by atoms with E-state index in [1.165, 1.54) is 38.5 Å². The molecule has 0 bridgehead atoms. The maximum absolute atomic E-state index is 13.0. The summed E-state index contributed by atoms with van der Waals surface area (Å²) < 4.78 is 0. The summed E-state index contributed by atoms with van der Waals surface area (Å²) in [6.45, 7) is 3.32. The Kier molecular flexibility index (Phi) is 4.89. The van der Waals surface area contributed by atoms with Crippen molar-refractivity contribution in [2.45, 2.75) is 63.8 Å². The number of hydrogen-bond acceptors (Lipinski definition) is 3. The minimum Gasteiger partial charge on any atom is -0.339 e. The van der Waals surface area contributed by atoms with Crippen LogP contribution in [0, 0.1) is 5.41 Å². The van der Waals surface area contributed by atoms with E-state index < -0.39 is 11.6 Å². The van der Waals surface area contributed by atoms with E-state index in [0.29, 0.717) is 16.5 Å². The molecule has 1 atom stereocenters. The number of nitrogens with zero attached hydrogens (tertiary/aromatic N) is 1. The SMILES string of the molecule is CC1(c2ccc(C(=O)N3CCCC4(CCCCC4)CC3)cc2)NC(=O)NC1=O. The Morgan fingerprint density at radius 1 is 0.929 bits per heavy atom. The molecule has 1 spiro atoms. The minimum atomic E-state index is -1.09. The van der Waals surface area contributed by atoms with Crippen molar-refractivity contribution in [3.63, 3.8) is 0 Å². The zero-order valence-electron chi connectivity index (χ0n) is 16.6. The van der Waals surface area contributed by atoms with Gasteiger partial charge in [0.2, 0.25) is 0 Å². The third kappa shape index (κ3) is 3.40. The summed E-state index contributed by atoms with van der Waals surface area (Å²) in [6.07, 6.45) is 10.1. The topological polar surface area (TPSA) is 78.5 Å². The lowest BCUT2D eigenvalue weighted by Crippen LogP contribution is -2.40. The van der Waals surface area contributed by atoms with E-state index in [2.05, 4.69) is 10.6 Å². The zero-order valence-corrected chi connectivity index (χ0v) is 16.6. The van der Waals surface area contributed by atoms with Crippen LogP contribution in [0.25, 0.3) is 0 Å². The first-order valence-corrected chi connectivity index (χ1v) is 10.5. The molecule has 1 unspecified atom stereocenters. The van der Waals surface area contributed by atoms with E-state index >= 15 is 0 Å². The molecule has 3 fully saturated rings. The second-order valence-corrected chi connectivity index (χ2v) is 8.82. The maximum Gasteiger partial charge on any atom is 0.322 e. The number of imide groups is 1. The van der Waals surface area contributed by atoms with Gasteiger partial charge in [0.05, 0.1) is 0 Å². The molecular formula is C22H29N3O3. The summed E-state index contributed by atoms with van der Waals surface area (Å²) >= 11 is 0. The fourth-order valence-electron chi connectivity index (χ4n) is 5.13. The predicted octanol–water partition coefficient (Wildman–Crippen LogP) is 3.32. The van der Waals surface area contributed by atoms with Crippen LogP contribution in [0.15, 0.2) is 24.3 Å². The molecule has 2 saturated heterocycles. The van der Waals surface area contributed by atoms with Crippen LogP contribution in [0.1, 0.15) is 74.2 Å². The molecule has 1 aliphatic carbocycles. The average Bonchev–Trinajstić information content (AvgIpc) is 2.85. The molecule has 4 rings (SSSR count). The van der Waals surface area contributed by atoms with Gasteiger partial charge in [0.25, 0.3) is 11.8 Å². The first-order valence-electron chi connectivity index (χ1n) is 10.5. The lowest BCUT2D eigenvalue weighted by molar-refractivity contribution is -0.123. The van der Waals surface area contributed by atoms with Gasteiger partial charge in [-0.1, -0.05) is 31.4 Å². The Balaban J connectivity index is 1.45. The lowest BCUT2D eigenvalue weighted by Gasteiger charge is -2.36. The first kappa shape index (κ1) is 19.0. The van der Waals surface area contributed by atoms with E-state index in [0.717, 1.165) is 25.9 Å². The van der Waals surface area contributed by atoms with Crippen LogP contribution in [-0.2, 0) is 10.3 Å². The number of likely N-dealkylation sites (tertiary alicyclic amines) is 1. The Bertz CT molecular complexity index is 783. The van der Waals surface area contributed by atoms with Crippen LogP contribution in [0.5, 0.6) is 0 Å². The van der Waals surface area contributed by atoms with Crippen molar-refractivity contribution < 1.29 is 14.4 Å². The van der Waals surface area contributed by atoms with Crippen LogP contribution in [-0.4, -0.2) is 35.8 Å². The van der Waals surface area contributed by atoms with E-state index in [9.17, 15) is 14.4 Å². The molecule has 2 N–H and O–H groups in total. The second-order valence-electron chi connectivity index (χ2n) is 8.82. The second kappa shape index (κ2) is 7.22. The molecular weight excluding hydrogens is 354 g/mol. The third-order valence-electron chi connectivity index (χ3n) is 7.00. The smallest absolute Gasteiger partial charge is 0.322 e. The number of benzene rings is 1. The summed E-state index contributed by atoms with van der Waals surface area (Å²) in [6, 6.07) is 6.57. The monoisotopic (exact) mass is 383 g/mol. The molecule has 2 heterocycles. The standard InChI is InChI=1S/C22H29N3O3/c1-21(19(27)23-20(28)24-21)17-8-6-16(7-9-17)18(26)25-14-5-12-22(13-15-25)10-3-2-4-11-22/h6-9H,2-5,10-15H2,1H3,(H2,23,24,27,28). The molecule has 1 aromatic rings. The van der Waals surface area contributed by atoms with Gasteiger partial charge in [0.15, 0.2) is 0 Å². The Morgan fingerprint density at radius 3 is 2.25 bits per heavy atom. The zero-order chi connectivity index (χ0) is 19.8. The Morgan fingerprint density at radius 2 is 1.61 bits per heavy atom. The van der Waals surface area contributed by atoms with Crippen molar-refractivity contribution in [3.8, 4) is 0 Å². The number of carbonyl (C=O) groups is 3. The molecule has 1 aromatic carbocycles. The molecule has 6 heteroatoms. The maximum atomic E-state index is 13.0. The summed E-state index contributed by atoms with van der Waals surface area (Å²) in [5.74, 6) is -0.314. The van der Waals surface area contributed by atoms with Crippen LogP contribution < -0.4 is 10.6 Å². The third-order valence-corrected chi connectivity index (χ3v) is 7.00. The van der Waals surface area contributed by atoms with Gasteiger partial charge < -0.3 is 10.2 Å². The quantitative estimate of drug-likeness (QED) is 0.769. The fraction of sp³-hybridized carbons (Fsp3) is 0.591. The fourth-order valence-corrected chi connectivity index (χ4v) is 5.13. The molecule has 4 amide bonds. The van der Waals surface area contributed by atoms with Crippen LogP contribution in [0.4, 0.5) is 4.79 Å². The van der Waals surface area contributed by atoms with Crippen molar-refractivity contribution >= 4 is 17.8 Å². The Hall–Kier alpha value is -2.37. The summed E-state index contributed by atoms with van der Waals surface area (Å²) in [7, 11) is 0. The van der Waals surface area contributed by atoms with Gasteiger partial charge in [0, 0.05) is 18.7 Å². The van der Waals surface area contributed by atoms with Gasteiger partial charge >= 0.3 is 6.03 Å². The van der Waals surface area contributed by atoms with E-state index in [1.807, 2.05) is 4.90 Å². The van der Waals surface area contributed by atoms with E-state index in [-0.39, 0.29) is 11.8 Å². The van der Waals surface area contributed by atoms with Crippen molar-refractivity contribution in [3.05, 3.63) is 35.4 Å². The van der Waals surface area contributed by atoms with E-state index in [4.69, 9.17) is 0 Å². The molecule has 28 heavy (non-hydrogen) atoms. The van der Waals surface area contributed by atoms with Gasteiger partial charge in [-0.3, -0.25) is 14.9 Å². The number of carbonyl (C=O) groups excluding carboxylic acids is 3. The highest BCUT2D eigenvalue weighted by molar-refractivity contribution is 6.07. The average molecular weight is 383 g/mol. The van der Waals surface area contributed by atoms with Crippen molar-refractivity contribution in [2.75, 3.05) is 13.1 Å². The van der Waals surface area contributed by atoms with Crippen molar-refractivity contribution in [2.24, 2.45) is 5.41 Å². The molecule has 2 aliphatic heterocycles. The van der Waals surface area contributed by atoms with Gasteiger partial charge in [-0.05, 0) is 62.1 Å². The first-order chi connectivity index (χ1) is 13.4. The van der Waals surface area contributed by atoms with Gasteiger partial charge in [-0.25, -0.2) is 4.79 Å². The largest absolute Gasteiger partial charge is 0.339 e. The molecule has 0 radical (unpaired) electrons. The van der Waals surface area contributed by atoms with E-state index in [1.54, 1.807) is 31.2 Å². The highest BCUT2D eigenvalue weighted by Crippen LogP contribution is 2.44. The summed E-state index contributed by atoms with van der Waals surface area (Å²) in [5.41, 5.74) is 0.676. The van der Waals surface area contributed by atoms with Crippen LogP contribution in [0.3, 0.4) is 0 Å². The molecule has 0 aromatic heterocycles. The van der Waals surface area contributed by atoms with Crippen LogP contribution >= 0.6 is 0 Å². The predicted molar refractivity (Wildman–Crippen MR) is 106 cm³/mol. The number of nitrogens with one attached hydrogen (secondary N) is 2. The highest BCUT2D eigenvalue weighted by Gasteiger charge is 2.43. The lowest BCUT2D eigenvalue weighted by atomic mass is 9.69. The van der Waals surface area contributed by atoms with Gasteiger partial charge in [-0.15, -0.1) is 0 Å². The number of urea groups is 1. The minimum absolute atomic E-state index is 0.0597. The number of amides is 4.